The van der Waals surface area contributed by atoms with Crippen LogP contribution >= 0.6 is 11.3 Å². The fourth-order valence-electron chi connectivity index (χ4n) is 8.22. The lowest BCUT2D eigenvalue weighted by molar-refractivity contribution is 0.350. The average molecular weight is 801 g/mol. The number of benzene rings is 7. The van der Waals surface area contributed by atoms with Crippen LogP contribution in [0.3, 0.4) is 0 Å². The van der Waals surface area contributed by atoms with Crippen LogP contribution in [0.2, 0.25) is 0 Å². The molecule has 0 bridgehead atoms. The molecule has 1 aliphatic rings. The number of nitrogens with zero attached hydrogens (tertiary/aromatic N) is 3. The zero-order valence-corrected chi connectivity index (χ0v) is 31.5. The van der Waals surface area contributed by atoms with Crippen LogP contribution in [0.5, 0.6) is 46.0 Å². The Kier molecular flexibility index (Phi) is 7.87. The standard InChI is InChI=1S/C46H32N4O8S/c47-45(21-8-2-1-3-9-21)49-46(23-16-17-27-25(19-23)18-22-10-4-5-12-26(22)27)48-20-24-11-6-13-28-29-14-7-15-30(44(29)59-43(24)28)50-33-31(35(51)39(55)41(57)37(33)53)32-34(50)38(54)42(58)40(56)36(32)52/h1-17,19,51-58H,18,20H2,(H2,47,48,49). The lowest BCUT2D eigenvalue weighted by Crippen LogP contribution is -2.16. The summed E-state index contributed by atoms with van der Waals surface area (Å²) in [4.78, 5) is 9.96. The number of aromatic hydroxyl groups is 8. The van der Waals surface area contributed by atoms with Gasteiger partial charge in [0.15, 0.2) is 28.8 Å². The number of aromatic nitrogens is 1. The number of hydrogen-bond acceptors (Lipinski definition) is 10. The van der Waals surface area contributed by atoms with Crippen molar-refractivity contribution in [3.63, 3.8) is 0 Å². The van der Waals surface area contributed by atoms with E-state index in [1.807, 2.05) is 72.8 Å². The first-order chi connectivity index (χ1) is 28.5. The van der Waals surface area contributed by atoms with E-state index < -0.39 is 56.8 Å². The monoisotopic (exact) mass is 800 g/mol. The average Bonchev–Trinajstić information content (AvgIpc) is 3.95. The molecule has 290 valence electrons. The number of fused-ring (bicyclic) bond motifs is 9. The van der Waals surface area contributed by atoms with E-state index in [0.29, 0.717) is 22.1 Å². The second kappa shape index (κ2) is 13.1. The maximum Gasteiger partial charge on any atom is 0.206 e. The molecule has 10 N–H and O–H groups in total. The summed E-state index contributed by atoms with van der Waals surface area (Å²) in [6.45, 7) is 0.205. The molecule has 13 heteroatoms. The van der Waals surface area contributed by atoms with Crippen molar-refractivity contribution in [1.82, 2.24) is 4.57 Å². The van der Waals surface area contributed by atoms with Crippen LogP contribution < -0.4 is 5.73 Å². The van der Waals surface area contributed by atoms with E-state index in [2.05, 4.69) is 24.3 Å². The highest BCUT2D eigenvalue weighted by atomic mass is 32.1. The summed E-state index contributed by atoms with van der Waals surface area (Å²) in [7, 11) is 0. The van der Waals surface area contributed by atoms with Crippen LogP contribution in [0.15, 0.2) is 119 Å². The Morgan fingerprint density at radius 3 is 1.85 bits per heavy atom. The molecule has 12 nitrogen and oxygen atoms in total. The van der Waals surface area contributed by atoms with Gasteiger partial charge in [0.2, 0.25) is 23.0 Å². The molecule has 9 aromatic rings. The maximum atomic E-state index is 11.3. The highest BCUT2D eigenvalue weighted by Crippen LogP contribution is 2.59. The molecule has 0 spiro atoms. The summed E-state index contributed by atoms with van der Waals surface area (Å²) < 4.78 is 2.71. The van der Waals surface area contributed by atoms with Crippen LogP contribution in [0.1, 0.15) is 27.8 Å². The van der Waals surface area contributed by atoms with Gasteiger partial charge in [0.25, 0.3) is 0 Å². The highest BCUT2D eigenvalue weighted by molar-refractivity contribution is 7.26. The summed E-state index contributed by atoms with van der Waals surface area (Å²) in [6, 6.07) is 35.1. The zero-order chi connectivity index (χ0) is 40.9. The van der Waals surface area contributed by atoms with Gasteiger partial charge in [-0.05, 0) is 46.4 Å². The van der Waals surface area contributed by atoms with Crippen molar-refractivity contribution in [2.45, 2.75) is 13.0 Å². The Morgan fingerprint density at radius 1 is 0.559 bits per heavy atom. The minimum Gasteiger partial charge on any atom is -0.504 e. The Bertz CT molecular complexity index is 3260. The molecule has 0 saturated heterocycles. The second-order valence-corrected chi connectivity index (χ2v) is 15.4. The summed E-state index contributed by atoms with van der Waals surface area (Å²) in [6.07, 6.45) is 0.788. The molecular weight excluding hydrogens is 769 g/mol. The number of phenolic OH excluding ortho intramolecular Hbond substituents is 8. The number of amidine groups is 2. The third-order valence-corrected chi connectivity index (χ3v) is 12.3. The third kappa shape index (κ3) is 5.21. The van der Waals surface area contributed by atoms with Crippen molar-refractivity contribution in [1.29, 1.82) is 0 Å². The number of thiophene rings is 1. The molecule has 10 rings (SSSR count). The van der Waals surface area contributed by atoms with Crippen LogP contribution in [0, 0.1) is 0 Å². The first-order valence-electron chi connectivity index (χ1n) is 18.4. The molecule has 0 fully saturated rings. The molecule has 0 aliphatic heterocycles. The van der Waals surface area contributed by atoms with Gasteiger partial charge in [0, 0.05) is 26.6 Å². The molecule has 59 heavy (non-hydrogen) atoms. The van der Waals surface area contributed by atoms with Crippen LogP contribution in [0.4, 0.5) is 0 Å². The number of rotatable bonds is 5. The molecule has 0 radical (unpaired) electrons. The first kappa shape index (κ1) is 35.5. The van der Waals surface area contributed by atoms with Crippen molar-refractivity contribution in [2.24, 2.45) is 15.7 Å². The van der Waals surface area contributed by atoms with E-state index in [0.717, 1.165) is 38.6 Å². The van der Waals surface area contributed by atoms with Gasteiger partial charge in [0.05, 0.1) is 27.7 Å². The van der Waals surface area contributed by atoms with E-state index in [1.54, 1.807) is 12.1 Å². The summed E-state index contributed by atoms with van der Waals surface area (Å²) >= 11 is 1.37. The van der Waals surface area contributed by atoms with Gasteiger partial charge in [-0.2, -0.15) is 0 Å². The summed E-state index contributed by atoms with van der Waals surface area (Å²) in [5.41, 5.74) is 13.5. The van der Waals surface area contributed by atoms with Gasteiger partial charge in [-0.25, -0.2) is 4.99 Å². The maximum absolute atomic E-state index is 11.3. The highest BCUT2D eigenvalue weighted by Gasteiger charge is 2.33. The van der Waals surface area contributed by atoms with Crippen molar-refractivity contribution >= 4 is 65.0 Å². The van der Waals surface area contributed by atoms with Gasteiger partial charge in [0.1, 0.15) is 16.9 Å². The predicted molar refractivity (Wildman–Crippen MR) is 229 cm³/mol. The smallest absolute Gasteiger partial charge is 0.206 e. The molecule has 0 unspecified atom stereocenters. The molecule has 0 atom stereocenters. The van der Waals surface area contributed by atoms with Crippen LogP contribution in [-0.2, 0) is 13.0 Å². The number of hydrogen-bond donors (Lipinski definition) is 9. The fraction of sp³-hybridized carbons (Fsp3) is 0.0435. The molecule has 0 saturated carbocycles. The normalized spacial score (nSPS) is 12.9. The predicted octanol–water partition coefficient (Wildman–Crippen LogP) is 8.72. The summed E-state index contributed by atoms with van der Waals surface area (Å²) in [5.74, 6) is -7.22. The fourth-order valence-corrected chi connectivity index (χ4v) is 9.53. The Morgan fingerprint density at radius 2 is 1.15 bits per heavy atom. The third-order valence-electron chi connectivity index (χ3n) is 11.0. The van der Waals surface area contributed by atoms with Crippen molar-refractivity contribution < 1.29 is 40.9 Å². The van der Waals surface area contributed by atoms with Crippen LogP contribution in [0.25, 0.3) is 58.8 Å². The molecule has 2 heterocycles. The molecular formula is C46H32N4O8S. The van der Waals surface area contributed by atoms with Gasteiger partial charge in [-0.1, -0.05) is 97.1 Å². The van der Waals surface area contributed by atoms with Crippen molar-refractivity contribution in [3.05, 3.63) is 137 Å². The molecule has 0 amide bonds. The quantitative estimate of drug-likeness (QED) is 0.0351. The number of aliphatic imine (C=N–C) groups is 2. The van der Waals surface area contributed by atoms with E-state index in [1.165, 1.54) is 38.2 Å². The van der Waals surface area contributed by atoms with E-state index in [9.17, 15) is 40.9 Å². The van der Waals surface area contributed by atoms with Gasteiger partial charge >= 0.3 is 0 Å². The first-order valence-corrected chi connectivity index (χ1v) is 19.2. The van der Waals surface area contributed by atoms with E-state index >= 15 is 0 Å². The molecule has 1 aliphatic carbocycles. The summed E-state index contributed by atoms with van der Waals surface area (Å²) in [5, 5.41) is 87.8. The van der Waals surface area contributed by atoms with E-state index in [4.69, 9.17) is 15.7 Å². The van der Waals surface area contributed by atoms with Gasteiger partial charge in [-0.15, -0.1) is 11.3 Å². The number of phenols is 8. The molecule has 7 aromatic carbocycles. The second-order valence-electron chi connectivity index (χ2n) is 14.3. The van der Waals surface area contributed by atoms with Gasteiger partial charge < -0.3 is 51.2 Å². The largest absolute Gasteiger partial charge is 0.504 e. The minimum absolute atomic E-state index is 0.205. The van der Waals surface area contributed by atoms with Crippen LogP contribution in [-0.4, -0.2) is 57.1 Å². The Hall–Kier alpha value is -7.90. The van der Waals surface area contributed by atoms with Crippen molar-refractivity contribution in [2.75, 3.05) is 0 Å². The topological polar surface area (TPSA) is 218 Å². The zero-order valence-electron chi connectivity index (χ0n) is 30.7. The minimum atomic E-state index is -1.09. The number of nitrogens with two attached hydrogens (primary N) is 1. The Labute approximate surface area is 337 Å². The molecule has 2 aromatic heterocycles. The van der Waals surface area contributed by atoms with E-state index in [-0.39, 0.29) is 17.6 Å². The lowest BCUT2D eigenvalue weighted by Gasteiger charge is -2.13. The lowest BCUT2D eigenvalue weighted by atomic mass is 10.0. The van der Waals surface area contributed by atoms with Crippen molar-refractivity contribution in [3.8, 4) is 62.8 Å². The van der Waals surface area contributed by atoms with Gasteiger partial charge in [-0.3, -0.25) is 4.99 Å². The Balaban J connectivity index is 1.16. The SMILES string of the molecule is N/C(=N\C(=N/Cc1cccc2c1sc1c(-n3c4c(O)c(O)c(O)c(O)c4c4c(O)c(O)c(O)c(O)c43)cccc12)c1ccc2c(c1)Cc1ccccc1-2)c1ccccc1.